The minimum absolute atomic E-state index is 0.101. The molecule has 1 aromatic rings. The van der Waals surface area contributed by atoms with E-state index in [4.69, 9.17) is 0 Å². The zero-order valence-electron chi connectivity index (χ0n) is 9.38. The van der Waals surface area contributed by atoms with Crippen molar-refractivity contribution in [2.45, 2.75) is 26.2 Å². The summed E-state index contributed by atoms with van der Waals surface area (Å²) in [5.41, 5.74) is -0.101. The highest BCUT2D eigenvalue weighted by molar-refractivity contribution is 9.11. The molecule has 2 rings (SSSR count). The molecule has 0 aromatic carbocycles. The lowest BCUT2D eigenvalue weighted by Crippen LogP contribution is -2.33. The quantitative estimate of drug-likeness (QED) is 0.926. The third-order valence-electron chi connectivity index (χ3n) is 3.48. The zero-order chi connectivity index (χ0) is 11.6. The monoisotopic (exact) mass is 301 g/mol. The molecule has 4 heteroatoms. The van der Waals surface area contributed by atoms with E-state index in [0.29, 0.717) is 12.2 Å². The summed E-state index contributed by atoms with van der Waals surface area (Å²) >= 11 is 5.09. The average Bonchev–Trinajstić information content (AvgIpc) is 2.88. The highest BCUT2D eigenvalue weighted by Crippen LogP contribution is 2.33. The molecule has 0 aliphatic carbocycles. The maximum Gasteiger partial charge on any atom is 0.145 e. The Kier molecular flexibility index (Phi) is 3.82. The van der Waals surface area contributed by atoms with E-state index in [0.717, 1.165) is 34.6 Å². The average molecular weight is 302 g/mol. The summed E-state index contributed by atoms with van der Waals surface area (Å²) in [6, 6.07) is 4.05. The molecule has 0 saturated carbocycles. The second-order valence-electron chi connectivity index (χ2n) is 4.37. The molecule has 2 nitrogen and oxygen atoms in total. The molecule has 0 spiro atoms. The SMILES string of the molecule is CCC1(C(=O)Cc2ccc(Br)s2)CCNC1. The molecular formula is C12H16BrNOS. The molecule has 1 aliphatic heterocycles. The van der Waals surface area contributed by atoms with Crippen LogP contribution in [0.25, 0.3) is 0 Å². The van der Waals surface area contributed by atoms with E-state index in [-0.39, 0.29) is 5.41 Å². The van der Waals surface area contributed by atoms with Gasteiger partial charge < -0.3 is 5.32 Å². The smallest absolute Gasteiger partial charge is 0.145 e. The third kappa shape index (κ3) is 2.39. The molecule has 16 heavy (non-hydrogen) atoms. The van der Waals surface area contributed by atoms with Gasteiger partial charge in [0.15, 0.2) is 0 Å². The molecule has 1 atom stereocenters. The number of carbonyl (C=O) groups is 1. The number of halogens is 1. The maximum absolute atomic E-state index is 12.3. The normalized spacial score (nSPS) is 24.9. The zero-order valence-corrected chi connectivity index (χ0v) is 11.8. The van der Waals surface area contributed by atoms with E-state index < -0.39 is 0 Å². The number of ketones is 1. The summed E-state index contributed by atoms with van der Waals surface area (Å²) in [5.74, 6) is 0.398. The fourth-order valence-corrected chi connectivity index (χ4v) is 3.75. The van der Waals surface area contributed by atoms with Crippen molar-refractivity contribution in [1.29, 1.82) is 0 Å². The molecule has 1 saturated heterocycles. The van der Waals surface area contributed by atoms with Crippen LogP contribution in [0.1, 0.15) is 24.6 Å². The molecule has 0 radical (unpaired) electrons. The largest absolute Gasteiger partial charge is 0.316 e. The molecular weight excluding hydrogens is 286 g/mol. The number of thiophene rings is 1. The number of rotatable bonds is 4. The van der Waals surface area contributed by atoms with Gasteiger partial charge in [-0.25, -0.2) is 0 Å². The van der Waals surface area contributed by atoms with Gasteiger partial charge in [0.25, 0.3) is 0 Å². The van der Waals surface area contributed by atoms with Crippen LogP contribution in [0.5, 0.6) is 0 Å². The Morgan fingerprint density at radius 2 is 2.44 bits per heavy atom. The van der Waals surface area contributed by atoms with Gasteiger partial charge >= 0.3 is 0 Å². The Morgan fingerprint density at radius 3 is 2.94 bits per heavy atom. The standard InChI is InChI=1S/C12H16BrNOS/c1-2-12(5-6-14-8-12)10(15)7-9-3-4-11(13)16-9/h3-4,14H,2,5-8H2,1H3. The van der Waals surface area contributed by atoms with Crippen molar-refractivity contribution in [3.63, 3.8) is 0 Å². The molecule has 1 fully saturated rings. The summed E-state index contributed by atoms with van der Waals surface area (Å²) in [5, 5.41) is 3.31. The van der Waals surface area contributed by atoms with Crippen molar-refractivity contribution in [3.05, 3.63) is 20.8 Å². The molecule has 1 aliphatic rings. The van der Waals surface area contributed by atoms with Gasteiger partial charge in [0.1, 0.15) is 5.78 Å². The van der Waals surface area contributed by atoms with E-state index in [2.05, 4.69) is 28.2 Å². The van der Waals surface area contributed by atoms with Crippen molar-refractivity contribution in [2.24, 2.45) is 5.41 Å². The van der Waals surface area contributed by atoms with Crippen molar-refractivity contribution in [1.82, 2.24) is 5.32 Å². The first-order valence-electron chi connectivity index (χ1n) is 5.64. The van der Waals surface area contributed by atoms with Crippen LogP contribution in [-0.2, 0) is 11.2 Å². The van der Waals surface area contributed by atoms with Gasteiger partial charge in [-0.05, 0) is 47.4 Å². The first kappa shape index (κ1) is 12.3. The van der Waals surface area contributed by atoms with Crippen LogP contribution in [-0.4, -0.2) is 18.9 Å². The maximum atomic E-state index is 12.3. The molecule has 1 aromatic heterocycles. The Hall–Kier alpha value is -0.190. The second-order valence-corrected chi connectivity index (χ2v) is 6.91. The van der Waals surface area contributed by atoms with Crippen LogP contribution in [0.2, 0.25) is 0 Å². The lowest BCUT2D eigenvalue weighted by atomic mass is 9.78. The van der Waals surface area contributed by atoms with Crippen molar-refractivity contribution < 1.29 is 4.79 Å². The highest BCUT2D eigenvalue weighted by atomic mass is 79.9. The van der Waals surface area contributed by atoms with Crippen molar-refractivity contribution >= 4 is 33.0 Å². The Balaban J connectivity index is 2.07. The molecule has 1 unspecified atom stereocenters. The number of nitrogens with one attached hydrogen (secondary N) is 1. The van der Waals surface area contributed by atoms with Crippen LogP contribution in [0, 0.1) is 5.41 Å². The second kappa shape index (κ2) is 4.98. The fourth-order valence-electron chi connectivity index (χ4n) is 2.27. The lowest BCUT2D eigenvalue weighted by Gasteiger charge is -2.24. The lowest BCUT2D eigenvalue weighted by molar-refractivity contribution is -0.127. The molecule has 0 amide bonds. The Labute approximate surface area is 109 Å². The van der Waals surface area contributed by atoms with E-state index in [9.17, 15) is 4.79 Å². The van der Waals surface area contributed by atoms with Gasteiger partial charge in [-0.2, -0.15) is 0 Å². The van der Waals surface area contributed by atoms with Crippen molar-refractivity contribution in [2.75, 3.05) is 13.1 Å². The van der Waals surface area contributed by atoms with E-state index in [1.54, 1.807) is 11.3 Å². The van der Waals surface area contributed by atoms with Gasteiger partial charge in [-0.3, -0.25) is 4.79 Å². The number of Topliss-reactive ketones (excluding diaryl/α,β-unsaturated/α-hetero) is 1. The van der Waals surface area contributed by atoms with Crippen LogP contribution in [0.4, 0.5) is 0 Å². The minimum Gasteiger partial charge on any atom is -0.316 e. The summed E-state index contributed by atoms with van der Waals surface area (Å²) in [6.07, 6.45) is 2.53. The molecule has 88 valence electrons. The van der Waals surface area contributed by atoms with Crippen LogP contribution >= 0.6 is 27.3 Å². The number of carbonyl (C=O) groups excluding carboxylic acids is 1. The summed E-state index contributed by atoms with van der Waals surface area (Å²) in [6.45, 7) is 3.96. The van der Waals surface area contributed by atoms with Crippen molar-refractivity contribution in [3.8, 4) is 0 Å². The predicted octanol–water partition coefficient (Wildman–Crippen LogP) is 3.01. The Morgan fingerprint density at radius 1 is 1.62 bits per heavy atom. The van der Waals surface area contributed by atoms with Gasteiger partial charge in [-0.15, -0.1) is 11.3 Å². The topological polar surface area (TPSA) is 29.1 Å². The minimum atomic E-state index is -0.101. The van der Waals surface area contributed by atoms with Gasteiger partial charge in [0, 0.05) is 23.3 Å². The first-order valence-corrected chi connectivity index (χ1v) is 7.25. The molecule has 2 heterocycles. The number of hydrogen-bond acceptors (Lipinski definition) is 3. The summed E-state index contributed by atoms with van der Waals surface area (Å²) < 4.78 is 1.10. The van der Waals surface area contributed by atoms with Crippen LogP contribution < -0.4 is 5.32 Å². The van der Waals surface area contributed by atoms with Gasteiger partial charge in [0.2, 0.25) is 0 Å². The predicted molar refractivity (Wildman–Crippen MR) is 70.9 cm³/mol. The number of hydrogen-bond donors (Lipinski definition) is 1. The highest BCUT2D eigenvalue weighted by Gasteiger charge is 2.38. The van der Waals surface area contributed by atoms with E-state index in [1.165, 1.54) is 0 Å². The fraction of sp³-hybridized carbons (Fsp3) is 0.583. The summed E-state index contributed by atoms with van der Waals surface area (Å²) in [4.78, 5) is 13.5. The molecule has 0 bridgehead atoms. The summed E-state index contributed by atoms with van der Waals surface area (Å²) in [7, 11) is 0. The molecule has 1 N–H and O–H groups in total. The Bertz CT molecular complexity index is 382. The van der Waals surface area contributed by atoms with E-state index in [1.807, 2.05) is 12.1 Å². The van der Waals surface area contributed by atoms with E-state index >= 15 is 0 Å². The van der Waals surface area contributed by atoms with Crippen LogP contribution in [0.3, 0.4) is 0 Å². The van der Waals surface area contributed by atoms with Gasteiger partial charge in [0.05, 0.1) is 3.79 Å². The van der Waals surface area contributed by atoms with Crippen LogP contribution in [0.15, 0.2) is 15.9 Å². The first-order chi connectivity index (χ1) is 7.66. The third-order valence-corrected chi connectivity index (χ3v) is 5.10. The van der Waals surface area contributed by atoms with Gasteiger partial charge in [-0.1, -0.05) is 6.92 Å².